The highest BCUT2D eigenvalue weighted by Gasteiger charge is 2.37. The molecule has 3 nitrogen and oxygen atoms in total. The first kappa shape index (κ1) is 18.1. The molecule has 0 bridgehead atoms. The molecule has 1 aliphatic heterocycles. The summed E-state index contributed by atoms with van der Waals surface area (Å²) in [6, 6.07) is 8.43. The van der Waals surface area contributed by atoms with Gasteiger partial charge in [-0.2, -0.15) is 0 Å². The number of ether oxygens (including phenoxy) is 3. The van der Waals surface area contributed by atoms with Crippen LogP contribution in [0.2, 0.25) is 0 Å². The molecule has 134 valence electrons. The van der Waals surface area contributed by atoms with Gasteiger partial charge in [0.1, 0.15) is 23.6 Å². The van der Waals surface area contributed by atoms with Gasteiger partial charge in [-0.3, -0.25) is 0 Å². The molecule has 0 saturated heterocycles. The molecule has 25 heavy (non-hydrogen) atoms. The lowest BCUT2D eigenvalue weighted by molar-refractivity contribution is 0.393. The Morgan fingerprint density at radius 1 is 1.00 bits per heavy atom. The fraction of sp³-hybridized carbons (Fsp3) is 0.429. The van der Waals surface area contributed by atoms with E-state index in [0.29, 0.717) is 0 Å². The lowest BCUT2D eigenvalue weighted by Gasteiger charge is -2.28. The normalized spacial score (nSPS) is 16.4. The van der Waals surface area contributed by atoms with Crippen LogP contribution in [0, 0.1) is 13.8 Å². The molecule has 0 amide bonds. The molecule has 0 unspecified atom stereocenters. The number of aryl methyl sites for hydroxylation is 2. The van der Waals surface area contributed by atoms with Gasteiger partial charge in [0.2, 0.25) is 0 Å². The number of hydrogen-bond donors (Lipinski definition) is 0. The van der Waals surface area contributed by atoms with E-state index in [4.69, 9.17) is 14.2 Å². The molecule has 2 aromatic carbocycles. The number of benzene rings is 2. The van der Waals surface area contributed by atoms with Gasteiger partial charge in [-0.15, -0.1) is 0 Å². The molecule has 3 rings (SSSR count). The van der Waals surface area contributed by atoms with Crippen LogP contribution in [-0.4, -0.2) is 25.7 Å². The van der Waals surface area contributed by atoms with Crippen LogP contribution in [0.1, 0.15) is 31.9 Å². The Balaban J connectivity index is 2.35. The molecule has 1 heterocycles. The van der Waals surface area contributed by atoms with Crippen molar-refractivity contribution in [2.24, 2.45) is 0 Å². The Morgan fingerprint density at radius 2 is 1.60 bits per heavy atom. The summed E-state index contributed by atoms with van der Waals surface area (Å²) >= 11 is 0. The summed E-state index contributed by atoms with van der Waals surface area (Å²) in [5, 5.41) is 1.50. The SMILES string of the molecule is COc1c(C)cc(C)c(OC)c1-c1cccc2c1[P@@](C(C)(C)C)CO2. The van der Waals surface area contributed by atoms with Crippen LogP contribution >= 0.6 is 7.92 Å². The monoisotopic (exact) mass is 358 g/mol. The third kappa shape index (κ3) is 3.00. The first-order valence-electron chi connectivity index (χ1n) is 8.55. The maximum atomic E-state index is 6.05. The fourth-order valence-corrected chi connectivity index (χ4v) is 5.91. The minimum atomic E-state index is -0.434. The third-order valence-electron chi connectivity index (χ3n) is 4.71. The van der Waals surface area contributed by atoms with Crippen molar-refractivity contribution in [2.45, 2.75) is 39.8 Å². The van der Waals surface area contributed by atoms with Crippen LogP contribution in [0.4, 0.5) is 0 Å². The Kier molecular flexibility index (Phi) is 4.72. The topological polar surface area (TPSA) is 27.7 Å². The second kappa shape index (κ2) is 6.53. The summed E-state index contributed by atoms with van der Waals surface area (Å²) in [5.74, 6) is 2.76. The van der Waals surface area contributed by atoms with E-state index in [1.54, 1.807) is 14.2 Å². The lowest BCUT2D eigenvalue weighted by atomic mass is 9.97. The van der Waals surface area contributed by atoms with Gasteiger partial charge in [0.25, 0.3) is 0 Å². The van der Waals surface area contributed by atoms with Gasteiger partial charge in [0, 0.05) is 10.9 Å². The van der Waals surface area contributed by atoms with Gasteiger partial charge in [0.05, 0.1) is 19.8 Å². The van der Waals surface area contributed by atoms with Crippen molar-refractivity contribution >= 4 is 13.2 Å². The Labute approximate surface area is 152 Å². The molecule has 0 fully saturated rings. The zero-order chi connectivity index (χ0) is 18.4. The molecular weight excluding hydrogens is 331 g/mol. The maximum Gasteiger partial charge on any atom is 0.133 e. The molecule has 0 spiro atoms. The van der Waals surface area contributed by atoms with E-state index in [-0.39, 0.29) is 5.16 Å². The molecule has 1 aliphatic rings. The smallest absolute Gasteiger partial charge is 0.133 e. The summed E-state index contributed by atoms with van der Waals surface area (Å²) < 4.78 is 17.6. The van der Waals surface area contributed by atoms with Crippen molar-refractivity contribution < 1.29 is 14.2 Å². The van der Waals surface area contributed by atoms with E-state index in [9.17, 15) is 0 Å². The molecule has 2 aromatic rings. The first-order chi connectivity index (χ1) is 11.8. The molecule has 1 atom stereocenters. The average molecular weight is 358 g/mol. The molecule has 0 radical (unpaired) electrons. The van der Waals surface area contributed by atoms with Gasteiger partial charge < -0.3 is 14.2 Å². The first-order valence-corrected chi connectivity index (χ1v) is 10.1. The highest BCUT2D eigenvalue weighted by Crippen LogP contribution is 2.57. The lowest BCUT2D eigenvalue weighted by Crippen LogP contribution is -2.19. The summed E-state index contributed by atoms with van der Waals surface area (Å²) in [6.07, 6.45) is 0.778. The Hall–Kier alpha value is -1.73. The van der Waals surface area contributed by atoms with E-state index in [2.05, 4.69) is 58.9 Å². The standard InChI is InChI=1S/C21H27O3P/c1-13-11-14(2)19(23-7)17(18(13)22-6)15-9-8-10-16-20(15)25(12-24-16)21(3,4)5/h8-11H,12H2,1-7H3/t25-/m0/s1. The van der Waals surface area contributed by atoms with Gasteiger partial charge in [-0.05, 0) is 50.2 Å². The van der Waals surface area contributed by atoms with E-state index in [0.717, 1.165) is 40.3 Å². The summed E-state index contributed by atoms with van der Waals surface area (Å²) in [6.45, 7) is 11.1. The van der Waals surface area contributed by atoms with Crippen molar-refractivity contribution in [1.82, 2.24) is 0 Å². The number of hydrogen-bond acceptors (Lipinski definition) is 3. The minimum Gasteiger partial charge on any atom is -0.496 e. The zero-order valence-electron chi connectivity index (χ0n) is 16.2. The highest BCUT2D eigenvalue weighted by atomic mass is 31.1. The van der Waals surface area contributed by atoms with Crippen molar-refractivity contribution in [1.29, 1.82) is 0 Å². The molecule has 0 saturated carbocycles. The Morgan fingerprint density at radius 3 is 2.12 bits per heavy atom. The third-order valence-corrected chi connectivity index (χ3v) is 7.72. The largest absolute Gasteiger partial charge is 0.496 e. The van der Waals surface area contributed by atoms with Crippen molar-refractivity contribution in [3.8, 4) is 28.4 Å². The second-order valence-electron chi connectivity index (χ2n) is 7.48. The Bertz CT molecular complexity index is 778. The number of fused-ring (bicyclic) bond motifs is 1. The van der Waals surface area contributed by atoms with Crippen molar-refractivity contribution in [3.05, 3.63) is 35.4 Å². The van der Waals surface area contributed by atoms with Crippen LogP contribution in [0.5, 0.6) is 17.2 Å². The number of methoxy groups -OCH3 is 2. The van der Waals surface area contributed by atoms with Crippen LogP contribution in [0.15, 0.2) is 24.3 Å². The van der Waals surface area contributed by atoms with Gasteiger partial charge in [0.15, 0.2) is 0 Å². The molecule has 0 aromatic heterocycles. The quantitative estimate of drug-likeness (QED) is 0.702. The summed E-state index contributed by atoms with van der Waals surface area (Å²) in [4.78, 5) is 0. The number of rotatable bonds is 3. The van der Waals surface area contributed by atoms with Gasteiger partial charge >= 0.3 is 0 Å². The van der Waals surface area contributed by atoms with Crippen LogP contribution in [0.3, 0.4) is 0 Å². The van der Waals surface area contributed by atoms with Crippen molar-refractivity contribution in [3.63, 3.8) is 0 Å². The van der Waals surface area contributed by atoms with E-state index >= 15 is 0 Å². The maximum absolute atomic E-state index is 6.05. The predicted octanol–water partition coefficient (Wildman–Crippen LogP) is 5.24. The van der Waals surface area contributed by atoms with Gasteiger partial charge in [-0.25, -0.2) is 0 Å². The molecule has 0 aliphatic carbocycles. The van der Waals surface area contributed by atoms with Gasteiger partial charge in [-0.1, -0.05) is 32.9 Å². The van der Waals surface area contributed by atoms with Crippen molar-refractivity contribution in [2.75, 3.05) is 20.6 Å². The van der Waals surface area contributed by atoms with Crippen LogP contribution in [-0.2, 0) is 0 Å². The van der Waals surface area contributed by atoms with E-state index < -0.39 is 7.92 Å². The highest BCUT2D eigenvalue weighted by molar-refractivity contribution is 7.67. The van der Waals surface area contributed by atoms with Crippen LogP contribution in [0.25, 0.3) is 11.1 Å². The minimum absolute atomic E-state index is 0.177. The molecule has 4 heteroatoms. The zero-order valence-corrected chi connectivity index (χ0v) is 17.1. The summed E-state index contributed by atoms with van der Waals surface area (Å²) in [7, 11) is 3.02. The fourth-order valence-electron chi connectivity index (χ4n) is 3.57. The van der Waals surface area contributed by atoms with Crippen LogP contribution < -0.4 is 19.5 Å². The van der Waals surface area contributed by atoms with E-state index in [1.807, 2.05) is 0 Å². The molecule has 0 N–H and O–H groups in total. The predicted molar refractivity (Wildman–Crippen MR) is 106 cm³/mol. The summed E-state index contributed by atoms with van der Waals surface area (Å²) in [5.41, 5.74) is 4.46. The molecular formula is C21H27O3P. The average Bonchev–Trinajstić information content (AvgIpc) is 2.98. The van der Waals surface area contributed by atoms with E-state index in [1.165, 1.54) is 10.9 Å². The second-order valence-corrected chi connectivity index (χ2v) is 10.4.